The van der Waals surface area contributed by atoms with Gasteiger partial charge in [-0.15, -0.1) is 0 Å². The fourth-order valence-corrected chi connectivity index (χ4v) is 4.57. The van der Waals surface area contributed by atoms with E-state index in [-0.39, 0.29) is 17.0 Å². The quantitative estimate of drug-likeness (QED) is 0.673. The molecule has 3 aromatic rings. The van der Waals surface area contributed by atoms with E-state index < -0.39 is 10.0 Å². The number of aromatic nitrogens is 1. The summed E-state index contributed by atoms with van der Waals surface area (Å²) < 4.78 is 27.6. The van der Waals surface area contributed by atoms with Gasteiger partial charge in [-0.25, -0.2) is 8.42 Å². The largest absolute Gasteiger partial charge is 0.321 e. The minimum absolute atomic E-state index is 0.0520. The summed E-state index contributed by atoms with van der Waals surface area (Å²) in [5.74, 6) is 0. The summed E-state index contributed by atoms with van der Waals surface area (Å²) in [5.41, 5.74) is 1.97. The van der Waals surface area contributed by atoms with Crippen molar-refractivity contribution in [2.45, 2.75) is 38.1 Å². The highest BCUT2D eigenvalue weighted by molar-refractivity contribution is 7.89. The number of hydrogen-bond acceptors (Lipinski definition) is 3. The monoisotopic (exact) mass is 384 g/mol. The molecule has 0 unspecified atom stereocenters. The number of nitrogens with one attached hydrogen (secondary N) is 1. The summed E-state index contributed by atoms with van der Waals surface area (Å²) in [6.45, 7) is 4.37. The smallest absolute Gasteiger partial charge is 0.252 e. The summed E-state index contributed by atoms with van der Waals surface area (Å²) in [5, 5.41) is 0.900. The van der Waals surface area contributed by atoms with Crippen molar-refractivity contribution in [1.82, 2.24) is 9.29 Å². The lowest BCUT2D eigenvalue weighted by Crippen LogP contribution is -2.33. The molecule has 1 aromatic heterocycles. The van der Waals surface area contributed by atoms with Crippen LogP contribution in [0.3, 0.4) is 0 Å². The Kier molecular flexibility index (Phi) is 5.77. The molecule has 2 aromatic carbocycles. The van der Waals surface area contributed by atoms with Crippen LogP contribution >= 0.6 is 0 Å². The molecule has 0 spiro atoms. The number of hydrogen-bond donors (Lipinski definition) is 1. The number of rotatable bonds is 7. The van der Waals surface area contributed by atoms with Gasteiger partial charge in [0.05, 0.1) is 10.4 Å². The molecule has 5 nitrogen and oxygen atoms in total. The number of sulfonamides is 1. The number of benzene rings is 2. The molecule has 0 bridgehead atoms. The summed E-state index contributed by atoms with van der Waals surface area (Å²) in [7, 11) is -3.67. The van der Waals surface area contributed by atoms with Crippen molar-refractivity contribution in [2.24, 2.45) is 0 Å². The highest BCUT2D eigenvalue weighted by Gasteiger charge is 2.25. The van der Waals surface area contributed by atoms with E-state index in [0.29, 0.717) is 12.1 Å². The maximum Gasteiger partial charge on any atom is 0.252 e. The van der Waals surface area contributed by atoms with Crippen LogP contribution < -0.4 is 5.56 Å². The van der Waals surface area contributed by atoms with Crippen LogP contribution in [0.2, 0.25) is 0 Å². The second-order valence-electron chi connectivity index (χ2n) is 6.67. The van der Waals surface area contributed by atoms with Crippen LogP contribution in [-0.2, 0) is 16.6 Å². The third kappa shape index (κ3) is 4.12. The fourth-order valence-electron chi connectivity index (χ4n) is 3.10. The highest BCUT2D eigenvalue weighted by Crippen LogP contribution is 2.20. The lowest BCUT2D eigenvalue weighted by Gasteiger charge is -2.22. The molecular weight excluding hydrogens is 360 g/mol. The van der Waals surface area contributed by atoms with Crippen molar-refractivity contribution in [3.05, 3.63) is 76.1 Å². The van der Waals surface area contributed by atoms with E-state index in [1.54, 1.807) is 36.4 Å². The summed E-state index contributed by atoms with van der Waals surface area (Å²) in [6, 6.07) is 15.9. The molecule has 3 rings (SSSR count). The lowest BCUT2D eigenvalue weighted by atomic mass is 10.1. The zero-order valence-corrected chi connectivity index (χ0v) is 16.4. The van der Waals surface area contributed by atoms with Crippen molar-refractivity contribution in [2.75, 3.05) is 6.54 Å². The van der Waals surface area contributed by atoms with Crippen LogP contribution in [0, 0.1) is 6.92 Å². The van der Waals surface area contributed by atoms with Crippen molar-refractivity contribution >= 4 is 20.9 Å². The van der Waals surface area contributed by atoms with Crippen molar-refractivity contribution < 1.29 is 8.42 Å². The van der Waals surface area contributed by atoms with Gasteiger partial charge in [0, 0.05) is 18.7 Å². The van der Waals surface area contributed by atoms with E-state index in [2.05, 4.69) is 4.98 Å². The zero-order valence-electron chi connectivity index (χ0n) is 15.6. The van der Waals surface area contributed by atoms with E-state index >= 15 is 0 Å². The Morgan fingerprint density at radius 1 is 1.04 bits per heavy atom. The van der Waals surface area contributed by atoms with E-state index in [4.69, 9.17) is 0 Å². The third-order valence-corrected chi connectivity index (χ3v) is 6.51. The van der Waals surface area contributed by atoms with Gasteiger partial charge in [0.2, 0.25) is 10.0 Å². The average molecular weight is 385 g/mol. The van der Waals surface area contributed by atoms with Crippen molar-refractivity contribution in [1.29, 1.82) is 0 Å². The second-order valence-corrected chi connectivity index (χ2v) is 8.61. The Bertz CT molecular complexity index is 1090. The number of pyridine rings is 1. The Morgan fingerprint density at radius 3 is 2.48 bits per heavy atom. The molecule has 6 heteroatoms. The molecule has 142 valence electrons. The van der Waals surface area contributed by atoms with Crippen LogP contribution in [0.25, 0.3) is 10.9 Å². The number of unbranched alkanes of at least 4 members (excludes halogenated alkanes) is 1. The maximum absolute atomic E-state index is 13.1. The van der Waals surface area contributed by atoms with Crippen molar-refractivity contribution in [3.8, 4) is 0 Å². The molecule has 0 saturated heterocycles. The number of fused-ring (bicyclic) bond motifs is 1. The number of nitrogens with zero attached hydrogens (tertiary/aromatic N) is 1. The molecule has 0 fully saturated rings. The second kappa shape index (κ2) is 8.06. The fraction of sp³-hybridized carbons (Fsp3) is 0.286. The molecule has 1 N–H and O–H groups in total. The third-order valence-electron chi connectivity index (χ3n) is 4.65. The Labute approximate surface area is 159 Å². The zero-order chi connectivity index (χ0) is 19.4. The number of H-pyrrole nitrogens is 1. The molecule has 0 atom stereocenters. The predicted octanol–water partition coefficient (Wildman–Crippen LogP) is 3.83. The molecule has 0 aliphatic heterocycles. The van der Waals surface area contributed by atoms with E-state index in [9.17, 15) is 13.2 Å². The van der Waals surface area contributed by atoms with Gasteiger partial charge >= 0.3 is 0 Å². The molecule has 0 amide bonds. The minimum atomic E-state index is -3.67. The summed E-state index contributed by atoms with van der Waals surface area (Å²) in [6.07, 6.45) is 1.60. The summed E-state index contributed by atoms with van der Waals surface area (Å²) in [4.78, 5) is 15.7. The van der Waals surface area contributed by atoms with Crippen LogP contribution in [0.4, 0.5) is 0 Å². The minimum Gasteiger partial charge on any atom is -0.321 e. The topological polar surface area (TPSA) is 70.2 Å². The van der Waals surface area contributed by atoms with Crippen LogP contribution in [0.5, 0.6) is 0 Å². The van der Waals surface area contributed by atoms with Gasteiger partial charge in [-0.1, -0.05) is 49.7 Å². The number of aromatic amines is 1. The van der Waals surface area contributed by atoms with E-state index in [1.165, 1.54) is 4.31 Å². The molecule has 0 aliphatic carbocycles. The van der Waals surface area contributed by atoms with Gasteiger partial charge in [0.25, 0.3) is 5.56 Å². The van der Waals surface area contributed by atoms with Gasteiger partial charge in [-0.3, -0.25) is 4.79 Å². The Morgan fingerprint density at radius 2 is 1.78 bits per heavy atom. The normalized spacial score (nSPS) is 12.0. The highest BCUT2D eigenvalue weighted by atomic mass is 32.2. The SMILES string of the molecule is CCCCN(Cc1cc2cccc(C)c2[nH]c1=O)S(=O)(=O)c1ccccc1. The van der Waals surface area contributed by atoms with Crippen molar-refractivity contribution in [3.63, 3.8) is 0 Å². The lowest BCUT2D eigenvalue weighted by molar-refractivity contribution is 0.397. The predicted molar refractivity (Wildman–Crippen MR) is 108 cm³/mol. The Balaban J connectivity index is 2.02. The summed E-state index contributed by atoms with van der Waals surface area (Å²) >= 11 is 0. The first kappa shape index (κ1) is 19.3. The van der Waals surface area contributed by atoms with Crippen LogP contribution in [0.1, 0.15) is 30.9 Å². The van der Waals surface area contributed by atoms with Gasteiger partial charge in [0.15, 0.2) is 0 Å². The molecule has 0 saturated carbocycles. The molecule has 1 heterocycles. The molecule has 0 radical (unpaired) electrons. The standard InChI is InChI=1S/C21H24N2O3S/c1-3-4-13-23(27(25,26)19-11-6-5-7-12-19)15-18-14-17-10-8-9-16(2)20(17)22-21(18)24/h5-12,14H,3-4,13,15H2,1-2H3,(H,22,24). The van der Waals surface area contributed by atoms with Crippen LogP contribution in [-0.4, -0.2) is 24.3 Å². The van der Waals surface area contributed by atoms with E-state index in [1.807, 2.05) is 32.0 Å². The van der Waals surface area contributed by atoms with Gasteiger partial charge in [-0.05, 0) is 42.5 Å². The Hall–Kier alpha value is -2.44. The van der Waals surface area contributed by atoms with Gasteiger partial charge in [-0.2, -0.15) is 4.31 Å². The van der Waals surface area contributed by atoms with Gasteiger partial charge < -0.3 is 4.98 Å². The molecule has 0 aliphatic rings. The van der Waals surface area contributed by atoms with E-state index in [0.717, 1.165) is 29.3 Å². The molecule has 27 heavy (non-hydrogen) atoms. The number of aryl methyl sites for hydroxylation is 1. The first-order valence-corrected chi connectivity index (χ1v) is 10.5. The number of para-hydroxylation sites is 1. The van der Waals surface area contributed by atoms with Crippen LogP contribution in [0.15, 0.2) is 64.3 Å². The first-order valence-electron chi connectivity index (χ1n) is 9.10. The van der Waals surface area contributed by atoms with Gasteiger partial charge in [0.1, 0.15) is 0 Å². The average Bonchev–Trinajstić information content (AvgIpc) is 2.67. The molecular formula is C21H24N2O3S. The first-order chi connectivity index (χ1) is 12.9. The maximum atomic E-state index is 13.1.